The fraction of sp³-hybridized carbons (Fsp3) is 0.889. The molecule has 2 unspecified atom stereocenters. The van der Waals surface area contributed by atoms with Gasteiger partial charge in [0.2, 0.25) is 0 Å². The molecule has 0 bridgehead atoms. The van der Waals surface area contributed by atoms with Gasteiger partial charge in [-0.2, -0.15) is 0 Å². The van der Waals surface area contributed by atoms with E-state index in [1.54, 1.807) is 6.92 Å². The van der Waals surface area contributed by atoms with Crippen molar-refractivity contribution >= 4 is 5.78 Å². The quantitative estimate of drug-likeness (QED) is 0.622. The molecule has 1 rings (SSSR count). The van der Waals surface area contributed by atoms with E-state index in [0.29, 0.717) is 18.4 Å². The van der Waals surface area contributed by atoms with Gasteiger partial charge in [0.25, 0.3) is 0 Å². The molecule has 0 aromatic rings. The van der Waals surface area contributed by atoms with Gasteiger partial charge in [-0.3, -0.25) is 0 Å². The highest BCUT2D eigenvalue weighted by Gasteiger charge is 2.23. The minimum atomic E-state index is 0.271. The summed E-state index contributed by atoms with van der Waals surface area (Å²) in [6.45, 7) is 4.71. The van der Waals surface area contributed by atoms with Gasteiger partial charge in [0, 0.05) is 13.0 Å². The molecular weight excluding hydrogens is 140 g/mol. The van der Waals surface area contributed by atoms with E-state index in [9.17, 15) is 4.79 Å². The second-order valence-corrected chi connectivity index (χ2v) is 3.42. The minimum Gasteiger partial charge on any atom is -0.378 e. The van der Waals surface area contributed by atoms with Crippen molar-refractivity contribution in [2.24, 2.45) is 5.92 Å². The fourth-order valence-electron chi connectivity index (χ4n) is 1.47. The third-order valence-corrected chi connectivity index (χ3v) is 2.32. The number of Topliss-reactive ketones (excluding diaryl/α,β-unsaturated/α-hetero) is 1. The van der Waals surface area contributed by atoms with Crippen molar-refractivity contribution in [3.8, 4) is 0 Å². The highest BCUT2D eigenvalue weighted by molar-refractivity contribution is 5.75. The van der Waals surface area contributed by atoms with E-state index in [0.717, 1.165) is 19.4 Å². The number of ether oxygens (including phenoxy) is 1. The molecule has 0 aromatic carbocycles. The van der Waals surface area contributed by atoms with Crippen LogP contribution in [0.3, 0.4) is 0 Å². The van der Waals surface area contributed by atoms with Gasteiger partial charge in [0.05, 0.1) is 6.10 Å². The van der Waals surface area contributed by atoms with E-state index in [2.05, 4.69) is 6.92 Å². The average molecular weight is 156 g/mol. The molecule has 64 valence electrons. The SMILES string of the molecule is CC(=O)CCC1OCCC1C. The number of hydrogen-bond donors (Lipinski definition) is 0. The van der Waals surface area contributed by atoms with E-state index in [1.807, 2.05) is 0 Å². The Bertz CT molecular complexity index is 142. The van der Waals surface area contributed by atoms with Gasteiger partial charge < -0.3 is 9.53 Å². The Morgan fingerprint density at radius 1 is 1.64 bits per heavy atom. The molecule has 0 saturated carbocycles. The number of rotatable bonds is 3. The van der Waals surface area contributed by atoms with Crippen molar-refractivity contribution in [1.82, 2.24) is 0 Å². The van der Waals surface area contributed by atoms with Crippen molar-refractivity contribution in [1.29, 1.82) is 0 Å². The molecule has 2 atom stereocenters. The predicted molar refractivity (Wildman–Crippen MR) is 43.4 cm³/mol. The Morgan fingerprint density at radius 2 is 2.36 bits per heavy atom. The van der Waals surface area contributed by atoms with Crippen molar-refractivity contribution in [3.05, 3.63) is 0 Å². The molecule has 0 aromatic heterocycles. The van der Waals surface area contributed by atoms with Crippen LogP contribution in [0.15, 0.2) is 0 Å². The summed E-state index contributed by atoms with van der Waals surface area (Å²) in [5, 5.41) is 0. The maximum atomic E-state index is 10.7. The Morgan fingerprint density at radius 3 is 2.82 bits per heavy atom. The third kappa shape index (κ3) is 2.62. The van der Waals surface area contributed by atoms with E-state index in [1.165, 1.54) is 0 Å². The van der Waals surface area contributed by atoms with Crippen LogP contribution in [0.2, 0.25) is 0 Å². The summed E-state index contributed by atoms with van der Waals surface area (Å²) in [6, 6.07) is 0. The zero-order valence-corrected chi connectivity index (χ0v) is 7.30. The van der Waals surface area contributed by atoms with E-state index in [4.69, 9.17) is 4.74 Å². The van der Waals surface area contributed by atoms with Gasteiger partial charge in [-0.15, -0.1) is 0 Å². The number of hydrogen-bond acceptors (Lipinski definition) is 2. The second kappa shape index (κ2) is 3.86. The van der Waals surface area contributed by atoms with Gasteiger partial charge in [0.1, 0.15) is 5.78 Å². The standard InChI is InChI=1S/C9H16O2/c1-7-5-6-11-9(7)4-3-8(2)10/h7,9H,3-6H2,1-2H3. The van der Waals surface area contributed by atoms with Gasteiger partial charge >= 0.3 is 0 Å². The molecule has 2 heteroatoms. The lowest BCUT2D eigenvalue weighted by molar-refractivity contribution is -0.117. The highest BCUT2D eigenvalue weighted by Crippen LogP contribution is 2.23. The molecule has 1 saturated heterocycles. The Labute approximate surface area is 67.9 Å². The number of ketones is 1. The van der Waals surface area contributed by atoms with Crippen LogP contribution < -0.4 is 0 Å². The number of carbonyl (C=O) groups is 1. The molecular formula is C9H16O2. The van der Waals surface area contributed by atoms with E-state index >= 15 is 0 Å². The van der Waals surface area contributed by atoms with Crippen LogP contribution in [0.1, 0.15) is 33.1 Å². The lowest BCUT2D eigenvalue weighted by Gasteiger charge is -2.12. The minimum absolute atomic E-state index is 0.271. The van der Waals surface area contributed by atoms with Crippen molar-refractivity contribution < 1.29 is 9.53 Å². The average Bonchev–Trinajstić information content (AvgIpc) is 2.31. The molecule has 0 aliphatic carbocycles. The van der Waals surface area contributed by atoms with E-state index < -0.39 is 0 Å². The van der Waals surface area contributed by atoms with Crippen LogP contribution in [-0.4, -0.2) is 18.5 Å². The second-order valence-electron chi connectivity index (χ2n) is 3.42. The molecule has 1 fully saturated rings. The molecule has 0 N–H and O–H groups in total. The maximum absolute atomic E-state index is 10.7. The first-order valence-corrected chi connectivity index (χ1v) is 4.31. The summed E-state index contributed by atoms with van der Waals surface area (Å²) >= 11 is 0. The zero-order chi connectivity index (χ0) is 8.27. The van der Waals surface area contributed by atoms with Gasteiger partial charge in [-0.1, -0.05) is 6.92 Å². The summed E-state index contributed by atoms with van der Waals surface area (Å²) in [5.74, 6) is 0.919. The fourth-order valence-corrected chi connectivity index (χ4v) is 1.47. The molecule has 1 aliphatic rings. The first-order valence-electron chi connectivity index (χ1n) is 4.31. The summed E-state index contributed by atoms with van der Waals surface area (Å²) < 4.78 is 5.46. The van der Waals surface area contributed by atoms with Crippen LogP contribution in [0, 0.1) is 5.92 Å². The van der Waals surface area contributed by atoms with Crippen LogP contribution in [0.4, 0.5) is 0 Å². The molecule has 1 aliphatic heterocycles. The molecule has 0 amide bonds. The monoisotopic (exact) mass is 156 g/mol. The van der Waals surface area contributed by atoms with E-state index in [-0.39, 0.29) is 5.78 Å². The summed E-state index contributed by atoms with van der Waals surface area (Å²) in [6.07, 6.45) is 3.09. The Hall–Kier alpha value is -0.370. The topological polar surface area (TPSA) is 26.3 Å². The molecule has 2 nitrogen and oxygen atoms in total. The maximum Gasteiger partial charge on any atom is 0.129 e. The van der Waals surface area contributed by atoms with Crippen LogP contribution in [-0.2, 0) is 9.53 Å². The van der Waals surface area contributed by atoms with Crippen LogP contribution in [0.5, 0.6) is 0 Å². The number of carbonyl (C=O) groups excluding carboxylic acids is 1. The summed E-state index contributed by atoms with van der Waals surface area (Å²) in [4.78, 5) is 10.7. The molecule has 0 spiro atoms. The van der Waals surface area contributed by atoms with Crippen molar-refractivity contribution in [2.45, 2.75) is 39.2 Å². The first kappa shape index (κ1) is 8.72. The highest BCUT2D eigenvalue weighted by atomic mass is 16.5. The summed E-state index contributed by atoms with van der Waals surface area (Å²) in [7, 11) is 0. The molecule has 11 heavy (non-hydrogen) atoms. The Kier molecular flexibility index (Phi) is 3.06. The molecule has 1 heterocycles. The zero-order valence-electron chi connectivity index (χ0n) is 7.30. The first-order chi connectivity index (χ1) is 5.20. The normalized spacial score (nSPS) is 30.7. The lowest BCUT2D eigenvalue weighted by Crippen LogP contribution is -2.14. The lowest BCUT2D eigenvalue weighted by atomic mass is 9.99. The van der Waals surface area contributed by atoms with Gasteiger partial charge in [0.15, 0.2) is 0 Å². The smallest absolute Gasteiger partial charge is 0.129 e. The Balaban J connectivity index is 2.20. The largest absolute Gasteiger partial charge is 0.378 e. The van der Waals surface area contributed by atoms with Gasteiger partial charge in [-0.25, -0.2) is 0 Å². The van der Waals surface area contributed by atoms with Crippen molar-refractivity contribution in [3.63, 3.8) is 0 Å². The van der Waals surface area contributed by atoms with Gasteiger partial charge in [-0.05, 0) is 25.7 Å². The van der Waals surface area contributed by atoms with Crippen LogP contribution in [0.25, 0.3) is 0 Å². The molecule has 0 radical (unpaired) electrons. The summed E-state index contributed by atoms with van der Waals surface area (Å²) in [5.41, 5.74) is 0. The van der Waals surface area contributed by atoms with Crippen LogP contribution >= 0.6 is 0 Å². The predicted octanol–water partition coefficient (Wildman–Crippen LogP) is 1.78. The van der Waals surface area contributed by atoms with Crippen molar-refractivity contribution in [2.75, 3.05) is 6.61 Å². The third-order valence-electron chi connectivity index (χ3n) is 2.32.